The molecule has 0 spiro atoms. The van der Waals surface area contributed by atoms with Gasteiger partial charge in [0.1, 0.15) is 5.54 Å². The zero-order chi connectivity index (χ0) is 17.1. The lowest BCUT2D eigenvalue weighted by Gasteiger charge is -2.36. The fourth-order valence-corrected chi connectivity index (χ4v) is 3.08. The van der Waals surface area contributed by atoms with Gasteiger partial charge in [0.25, 0.3) is 5.91 Å². The van der Waals surface area contributed by atoms with Gasteiger partial charge in [-0.05, 0) is 38.1 Å². The summed E-state index contributed by atoms with van der Waals surface area (Å²) in [7, 11) is 0. The Kier molecular flexibility index (Phi) is 3.98. The molecule has 4 heterocycles. The van der Waals surface area contributed by atoms with E-state index in [9.17, 15) is 4.79 Å². The maximum atomic E-state index is 13.1. The van der Waals surface area contributed by atoms with E-state index in [-0.39, 0.29) is 5.91 Å². The number of carbonyl (C=O) groups is 1. The van der Waals surface area contributed by atoms with Crippen LogP contribution in [0.5, 0.6) is 0 Å². The fourth-order valence-electron chi connectivity index (χ4n) is 3.08. The molecule has 3 aromatic heterocycles. The van der Waals surface area contributed by atoms with Gasteiger partial charge < -0.3 is 10.6 Å². The average molecular weight is 338 g/mol. The van der Waals surface area contributed by atoms with Gasteiger partial charge in [0.15, 0.2) is 0 Å². The summed E-state index contributed by atoms with van der Waals surface area (Å²) in [6.45, 7) is 1.54. The van der Waals surface area contributed by atoms with Gasteiger partial charge in [-0.25, -0.2) is 14.6 Å². The minimum absolute atomic E-state index is 0.0915. The van der Waals surface area contributed by atoms with Crippen LogP contribution in [0.2, 0.25) is 0 Å². The molecule has 3 aromatic rings. The summed E-state index contributed by atoms with van der Waals surface area (Å²) in [5, 5.41) is 14.8. The van der Waals surface area contributed by atoms with E-state index in [0.29, 0.717) is 24.5 Å². The van der Waals surface area contributed by atoms with Crippen LogP contribution in [0.4, 0.5) is 5.69 Å². The Morgan fingerprint density at radius 1 is 1.12 bits per heavy atom. The van der Waals surface area contributed by atoms with Crippen LogP contribution in [0.3, 0.4) is 0 Å². The van der Waals surface area contributed by atoms with Crippen LogP contribution in [-0.4, -0.2) is 48.5 Å². The van der Waals surface area contributed by atoms with Gasteiger partial charge in [0.05, 0.1) is 18.1 Å². The molecule has 9 heteroatoms. The van der Waals surface area contributed by atoms with Crippen LogP contribution < -0.4 is 10.6 Å². The number of hydrogen-bond acceptors (Lipinski definition) is 6. The van der Waals surface area contributed by atoms with Crippen molar-refractivity contribution in [3.8, 4) is 5.95 Å². The lowest BCUT2D eigenvalue weighted by molar-refractivity contribution is -0.126. The van der Waals surface area contributed by atoms with E-state index in [1.54, 1.807) is 41.7 Å². The Bertz CT molecular complexity index is 836. The maximum Gasteiger partial charge on any atom is 0.252 e. The average Bonchev–Trinajstić information content (AvgIpc) is 3.35. The molecule has 0 atom stereocenters. The first-order valence-electron chi connectivity index (χ1n) is 8.12. The first-order valence-corrected chi connectivity index (χ1v) is 8.12. The van der Waals surface area contributed by atoms with E-state index in [0.717, 1.165) is 13.1 Å². The number of anilines is 1. The van der Waals surface area contributed by atoms with Crippen molar-refractivity contribution in [1.82, 2.24) is 34.8 Å². The zero-order valence-corrected chi connectivity index (χ0v) is 13.5. The third kappa shape index (κ3) is 2.89. The SMILES string of the molecule is O=C(Nc1cnn(-c2ncccn2)c1)C1(n2cccn2)CCNCC1. The number of amides is 1. The maximum absolute atomic E-state index is 13.1. The van der Waals surface area contributed by atoms with Crippen molar-refractivity contribution in [1.29, 1.82) is 0 Å². The standard InChI is InChI=1S/C16H18N8O/c25-14(16(3-8-17-9-4-16)24-10-2-7-20-24)22-13-11-21-23(12-13)15-18-5-1-6-19-15/h1-2,5-7,10-12,17H,3-4,8-9H2,(H,22,25). The Labute approximate surface area is 144 Å². The van der Waals surface area contributed by atoms with Crippen LogP contribution in [0.1, 0.15) is 12.8 Å². The molecule has 128 valence electrons. The lowest BCUT2D eigenvalue weighted by atomic mass is 9.87. The number of nitrogens with one attached hydrogen (secondary N) is 2. The van der Waals surface area contributed by atoms with E-state index in [2.05, 4.69) is 30.8 Å². The summed E-state index contributed by atoms with van der Waals surface area (Å²) in [5.74, 6) is 0.359. The molecule has 1 saturated heterocycles. The predicted octanol–water partition coefficient (Wildman–Crippen LogP) is 0.576. The highest BCUT2D eigenvalue weighted by Gasteiger charge is 2.42. The monoisotopic (exact) mass is 338 g/mol. The molecule has 4 rings (SSSR count). The summed E-state index contributed by atoms with van der Waals surface area (Å²) >= 11 is 0. The number of hydrogen-bond donors (Lipinski definition) is 2. The van der Waals surface area contributed by atoms with Crippen molar-refractivity contribution in [2.24, 2.45) is 0 Å². The second-order valence-corrected chi connectivity index (χ2v) is 5.91. The van der Waals surface area contributed by atoms with Crippen molar-refractivity contribution in [2.75, 3.05) is 18.4 Å². The van der Waals surface area contributed by atoms with Crippen molar-refractivity contribution in [3.05, 3.63) is 49.3 Å². The van der Waals surface area contributed by atoms with Gasteiger partial charge in [-0.15, -0.1) is 0 Å². The number of carbonyl (C=O) groups excluding carboxylic acids is 1. The molecule has 25 heavy (non-hydrogen) atoms. The van der Waals surface area contributed by atoms with E-state index in [1.807, 2.05) is 12.3 Å². The van der Waals surface area contributed by atoms with Gasteiger partial charge in [0, 0.05) is 24.8 Å². The van der Waals surface area contributed by atoms with Crippen molar-refractivity contribution in [2.45, 2.75) is 18.4 Å². The van der Waals surface area contributed by atoms with Crippen LogP contribution in [-0.2, 0) is 10.3 Å². The Hall–Kier alpha value is -3.07. The summed E-state index contributed by atoms with van der Waals surface area (Å²) in [4.78, 5) is 21.3. The van der Waals surface area contributed by atoms with E-state index >= 15 is 0 Å². The smallest absolute Gasteiger partial charge is 0.252 e. The minimum atomic E-state index is -0.694. The van der Waals surface area contributed by atoms with E-state index in [1.165, 1.54) is 4.68 Å². The van der Waals surface area contributed by atoms with E-state index in [4.69, 9.17) is 0 Å². The molecule has 0 saturated carbocycles. The fraction of sp³-hybridized carbons (Fsp3) is 0.312. The molecular weight excluding hydrogens is 320 g/mol. The van der Waals surface area contributed by atoms with E-state index < -0.39 is 5.54 Å². The summed E-state index contributed by atoms with van der Waals surface area (Å²) in [6, 6.07) is 3.57. The third-order valence-electron chi connectivity index (χ3n) is 4.39. The predicted molar refractivity (Wildman–Crippen MR) is 90.1 cm³/mol. The summed E-state index contributed by atoms with van der Waals surface area (Å²) < 4.78 is 3.28. The Morgan fingerprint density at radius 3 is 2.64 bits per heavy atom. The highest BCUT2D eigenvalue weighted by molar-refractivity contribution is 5.96. The normalized spacial score (nSPS) is 16.5. The van der Waals surface area contributed by atoms with Crippen LogP contribution in [0.25, 0.3) is 5.95 Å². The molecule has 0 unspecified atom stereocenters. The van der Waals surface area contributed by atoms with Crippen molar-refractivity contribution in [3.63, 3.8) is 0 Å². The lowest BCUT2D eigenvalue weighted by Crippen LogP contribution is -2.52. The first kappa shape index (κ1) is 15.5. The van der Waals surface area contributed by atoms with Gasteiger partial charge in [0.2, 0.25) is 5.95 Å². The largest absolute Gasteiger partial charge is 0.321 e. The number of nitrogens with zero attached hydrogens (tertiary/aromatic N) is 6. The molecule has 0 aliphatic carbocycles. The second kappa shape index (κ2) is 6.44. The summed E-state index contributed by atoms with van der Waals surface area (Å²) in [5.41, 5.74) is -0.0948. The highest BCUT2D eigenvalue weighted by atomic mass is 16.2. The zero-order valence-electron chi connectivity index (χ0n) is 13.5. The number of piperidine rings is 1. The molecule has 0 bridgehead atoms. The molecule has 1 aliphatic rings. The van der Waals surface area contributed by atoms with Gasteiger partial charge in [-0.3, -0.25) is 9.48 Å². The molecule has 2 N–H and O–H groups in total. The Morgan fingerprint density at radius 2 is 1.92 bits per heavy atom. The summed E-state index contributed by atoms with van der Waals surface area (Å²) in [6.07, 6.45) is 11.5. The molecule has 1 fully saturated rings. The van der Waals surface area contributed by atoms with Crippen LogP contribution in [0.15, 0.2) is 49.3 Å². The number of aromatic nitrogens is 6. The highest BCUT2D eigenvalue weighted by Crippen LogP contribution is 2.28. The van der Waals surface area contributed by atoms with Crippen LogP contribution >= 0.6 is 0 Å². The van der Waals surface area contributed by atoms with Gasteiger partial charge >= 0.3 is 0 Å². The second-order valence-electron chi connectivity index (χ2n) is 5.91. The number of rotatable bonds is 4. The molecule has 9 nitrogen and oxygen atoms in total. The van der Waals surface area contributed by atoms with Crippen LogP contribution in [0, 0.1) is 0 Å². The molecule has 1 amide bonds. The minimum Gasteiger partial charge on any atom is -0.321 e. The molecular formula is C16H18N8O. The molecule has 0 radical (unpaired) electrons. The van der Waals surface area contributed by atoms with Gasteiger partial charge in [-0.1, -0.05) is 0 Å². The quantitative estimate of drug-likeness (QED) is 0.721. The van der Waals surface area contributed by atoms with Crippen molar-refractivity contribution >= 4 is 11.6 Å². The Balaban J connectivity index is 1.57. The molecule has 1 aliphatic heterocycles. The molecule has 0 aromatic carbocycles. The third-order valence-corrected chi connectivity index (χ3v) is 4.39. The topological polar surface area (TPSA) is 103 Å². The van der Waals surface area contributed by atoms with Crippen molar-refractivity contribution < 1.29 is 4.79 Å². The first-order chi connectivity index (χ1) is 12.3. The van der Waals surface area contributed by atoms with Gasteiger partial charge in [-0.2, -0.15) is 10.2 Å².